The number of carbonyl (C=O) groups excluding carboxylic acids is 1. The second-order valence-corrected chi connectivity index (χ2v) is 8.53. The Balaban J connectivity index is 1.56. The van der Waals surface area contributed by atoms with Gasteiger partial charge in [0.2, 0.25) is 5.91 Å². The summed E-state index contributed by atoms with van der Waals surface area (Å²) >= 11 is 1.71. The molecule has 0 radical (unpaired) electrons. The number of nitrogens with one attached hydrogen (secondary N) is 1. The van der Waals surface area contributed by atoms with Crippen molar-refractivity contribution >= 4 is 28.1 Å². The van der Waals surface area contributed by atoms with E-state index in [9.17, 15) is 4.79 Å². The van der Waals surface area contributed by atoms with Crippen LogP contribution in [0, 0.1) is 6.92 Å². The molecule has 4 aromatic rings. The first-order chi connectivity index (χ1) is 14.6. The predicted octanol–water partition coefficient (Wildman–Crippen LogP) is 5.80. The van der Waals surface area contributed by atoms with Gasteiger partial charge >= 0.3 is 0 Å². The standard InChI is InChI=1S/C25H26N2O2S/c1-17-14-15-30-23(17)16-27(2)24(28)13-12-21-20-6-4-5-7-22(20)26-25(21)18-8-10-19(29-3)11-9-18/h4-11,14-15,26H,12-13,16H2,1-3H3. The van der Waals surface area contributed by atoms with Crippen LogP contribution in [0.15, 0.2) is 60.0 Å². The van der Waals surface area contributed by atoms with Gasteiger partial charge < -0.3 is 14.6 Å². The average Bonchev–Trinajstić information content (AvgIpc) is 3.35. The van der Waals surface area contributed by atoms with Crippen LogP contribution in [0.1, 0.15) is 22.4 Å². The molecule has 0 saturated heterocycles. The summed E-state index contributed by atoms with van der Waals surface area (Å²) in [5.41, 5.74) is 5.69. The van der Waals surface area contributed by atoms with Gasteiger partial charge in [-0.2, -0.15) is 0 Å². The lowest BCUT2D eigenvalue weighted by Crippen LogP contribution is -2.26. The first kappa shape index (κ1) is 20.2. The van der Waals surface area contributed by atoms with Crippen LogP contribution in [-0.4, -0.2) is 29.9 Å². The SMILES string of the molecule is COc1ccc(-c2[nH]c3ccccc3c2CCC(=O)N(C)Cc2sccc2C)cc1. The average molecular weight is 419 g/mol. The molecule has 2 aromatic heterocycles. The number of fused-ring (bicyclic) bond motifs is 1. The van der Waals surface area contributed by atoms with Crippen molar-refractivity contribution in [3.63, 3.8) is 0 Å². The van der Waals surface area contributed by atoms with Gasteiger partial charge in [0.25, 0.3) is 0 Å². The molecule has 4 rings (SSSR count). The number of hydrogen-bond donors (Lipinski definition) is 1. The number of nitrogens with zero attached hydrogens (tertiary/aromatic N) is 1. The molecule has 0 unspecified atom stereocenters. The molecule has 0 aliphatic rings. The largest absolute Gasteiger partial charge is 0.497 e. The van der Waals surface area contributed by atoms with Crippen molar-refractivity contribution in [3.05, 3.63) is 76.0 Å². The first-order valence-electron chi connectivity index (χ1n) is 10.1. The van der Waals surface area contributed by atoms with Crippen LogP contribution in [0.2, 0.25) is 0 Å². The highest BCUT2D eigenvalue weighted by atomic mass is 32.1. The number of methoxy groups -OCH3 is 1. The Morgan fingerprint density at radius 2 is 1.87 bits per heavy atom. The van der Waals surface area contributed by atoms with E-state index in [-0.39, 0.29) is 5.91 Å². The smallest absolute Gasteiger partial charge is 0.222 e. The first-order valence-corrected chi connectivity index (χ1v) is 11.0. The number of thiophene rings is 1. The van der Waals surface area contributed by atoms with Crippen LogP contribution in [-0.2, 0) is 17.8 Å². The van der Waals surface area contributed by atoms with E-state index in [1.807, 2.05) is 36.2 Å². The van der Waals surface area contributed by atoms with Crippen molar-refractivity contribution in [1.29, 1.82) is 0 Å². The zero-order valence-electron chi connectivity index (χ0n) is 17.6. The summed E-state index contributed by atoms with van der Waals surface area (Å²) in [4.78, 5) is 19.5. The lowest BCUT2D eigenvalue weighted by atomic mass is 10.0. The number of ether oxygens (including phenoxy) is 1. The van der Waals surface area contributed by atoms with Crippen LogP contribution < -0.4 is 4.74 Å². The van der Waals surface area contributed by atoms with Crippen LogP contribution in [0.4, 0.5) is 0 Å². The molecule has 30 heavy (non-hydrogen) atoms. The Morgan fingerprint density at radius 3 is 2.57 bits per heavy atom. The molecule has 0 aliphatic heterocycles. The minimum absolute atomic E-state index is 0.161. The van der Waals surface area contributed by atoms with Gasteiger partial charge in [-0.1, -0.05) is 18.2 Å². The predicted molar refractivity (Wildman–Crippen MR) is 124 cm³/mol. The highest BCUT2D eigenvalue weighted by Gasteiger charge is 2.17. The van der Waals surface area contributed by atoms with Crippen molar-refractivity contribution < 1.29 is 9.53 Å². The maximum atomic E-state index is 12.8. The van der Waals surface area contributed by atoms with Crippen molar-refractivity contribution in [1.82, 2.24) is 9.88 Å². The van der Waals surface area contributed by atoms with Gasteiger partial charge in [-0.3, -0.25) is 4.79 Å². The summed E-state index contributed by atoms with van der Waals surface area (Å²) in [6, 6.07) is 18.4. The van der Waals surface area contributed by atoms with E-state index in [1.165, 1.54) is 21.4 Å². The Kier molecular flexibility index (Phi) is 5.91. The van der Waals surface area contributed by atoms with Crippen molar-refractivity contribution in [2.75, 3.05) is 14.2 Å². The van der Waals surface area contributed by atoms with Gasteiger partial charge in [0.1, 0.15) is 5.75 Å². The number of aromatic nitrogens is 1. The molecule has 154 valence electrons. The quantitative estimate of drug-likeness (QED) is 0.412. The van der Waals surface area contributed by atoms with Crippen LogP contribution in [0.25, 0.3) is 22.2 Å². The number of amides is 1. The summed E-state index contributed by atoms with van der Waals surface area (Å²) in [5.74, 6) is 0.992. The summed E-state index contributed by atoms with van der Waals surface area (Å²) in [6.45, 7) is 2.76. The van der Waals surface area contributed by atoms with Crippen LogP contribution >= 0.6 is 11.3 Å². The topological polar surface area (TPSA) is 45.3 Å². The Labute approximate surface area is 181 Å². The molecule has 0 bridgehead atoms. The van der Waals surface area contributed by atoms with E-state index in [2.05, 4.69) is 47.6 Å². The molecular weight excluding hydrogens is 392 g/mol. The molecule has 0 aliphatic carbocycles. The lowest BCUT2D eigenvalue weighted by Gasteiger charge is -2.17. The molecule has 4 nitrogen and oxygen atoms in total. The molecule has 2 heterocycles. The molecule has 0 spiro atoms. The minimum atomic E-state index is 0.161. The fourth-order valence-corrected chi connectivity index (χ4v) is 4.71. The van der Waals surface area contributed by atoms with Crippen LogP contribution in [0.3, 0.4) is 0 Å². The van der Waals surface area contributed by atoms with E-state index in [0.29, 0.717) is 19.4 Å². The third-order valence-corrected chi connectivity index (χ3v) is 6.56. The molecular formula is C25H26N2O2S. The number of H-pyrrole nitrogens is 1. The number of hydrogen-bond acceptors (Lipinski definition) is 3. The fraction of sp³-hybridized carbons (Fsp3) is 0.240. The van der Waals surface area contributed by atoms with E-state index in [0.717, 1.165) is 22.5 Å². The zero-order chi connectivity index (χ0) is 21.1. The lowest BCUT2D eigenvalue weighted by molar-refractivity contribution is -0.130. The normalized spacial score (nSPS) is 11.0. The van der Waals surface area contributed by atoms with Crippen molar-refractivity contribution in [2.45, 2.75) is 26.3 Å². The fourth-order valence-electron chi connectivity index (χ4n) is 3.76. The third-order valence-electron chi connectivity index (χ3n) is 5.56. The van der Waals surface area contributed by atoms with Gasteiger partial charge in [0.15, 0.2) is 0 Å². The van der Waals surface area contributed by atoms with E-state index in [1.54, 1.807) is 18.4 Å². The maximum Gasteiger partial charge on any atom is 0.222 e. The second kappa shape index (κ2) is 8.76. The molecule has 5 heteroatoms. The molecule has 0 saturated carbocycles. The van der Waals surface area contributed by atoms with Gasteiger partial charge in [0.05, 0.1) is 13.7 Å². The van der Waals surface area contributed by atoms with Crippen molar-refractivity contribution in [2.24, 2.45) is 0 Å². The van der Waals surface area contributed by atoms with E-state index < -0.39 is 0 Å². The second-order valence-electron chi connectivity index (χ2n) is 7.53. The van der Waals surface area contributed by atoms with Gasteiger partial charge in [-0.05, 0) is 71.8 Å². The van der Waals surface area contributed by atoms with Gasteiger partial charge in [-0.25, -0.2) is 0 Å². The highest BCUT2D eigenvalue weighted by Crippen LogP contribution is 2.32. The molecule has 0 fully saturated rings. The van der Waals surface area contributed by atoms with E-state index in [4.69, 9.17) is 4.74 Å². The maximum absolute atomic E-state index is 12.8. The number of benzene rings is 2. The molecule has 1 amide bonds. The number of carbonyl (C=O) groups is 1. The summed E-state index contributed by atoms with van der Waals surface area (Å²) in [6.07, 6.45) is 1.17. The van der Waals surface area contributed by atoms with Crippen molar-refractivity contribution in [3.8, 4) is 17.0 Å². The molecule has 1 N–H and O–H groups in total. The zero-order valence-corrected chi connectivity index (χ0v) is 18.4. The van der Waals surface area contributed by atoms with Crippen LogP contribution in [0.5, 0.6) is 5.75 Å². The minimum Gasteiger partial charge on any atom is -0.497 e. The Hall–Kier alpha value is -3.05. The Bertz CT molecular complexity index is 1160. The third kappa shape index (κ3) is 4.12. The van der Waals surface area contributed by atoms with Gasteiger partial charge in [-0.15, -0.1) is 11.3 Å². The number of rotatable bonds is 7. The van der Waals surface area contributed by atoms with E-state index >= 15 is 0 Å². The summed E-state index contributed by atoms with van der Waals surface area (Å²) < 4.78 is 5.29. The highest BCUT2D eigenvalue weighted by molar-refractivity contribution is 7.10. The van der Waals surface area contributed by atoms with Gasteiger partial charge in [0, 0.05) is 34.9 Å². The Morgan fingerprint density at radius 1 is 1.10 bits per heavy atom. The molecule has 2 aromatic carbocycles. The number of aryl methyl sites for hydroxylation is 2. The number of aromatic amines is 1. The monoisotopic (exact) mass is 418 g/mol. The summed E-state index contributed by atoms with van der Waals surface area (Å²) in [5, 5.41) is 3.25. The number of para-hydroxylation sites is 1. The molecule has 0 atom stereocenters. The summed E-state index contributed by atoms with van der Waals surface area (Å²) in [7, 11) is 3.56.